The average Bonchev–Trinajstić information content (AvgIpc) is 2.81. The second-order valence-electron chi connectivity index (χ2n) is 3.22. The number of hydrogen-bond acceptors (Lipinski definition) is 5. The molecule has 9 heteroatoms. The quantitative estimate of drug-likeness (QED) is 0.774. The van der Waals surface area contributed by atoms with Gasteiger partial charge in [-0.05, 0) is 23.4 Å². The molecule has 0 aliphatic carbocycles. The summed E-state index contributed by atoms with van der Waals surface area (Å²) in [7, 11) is 0. The van der Waals surface area contributed by atoms with E-state index in [1.54, 1.807) is 6.07 Å². The normalized spacial score (nSPS) is 10.1. The maximum Gasteiger partial charge on any atom is 0.335 e. The molecule has 0 atom stereocenters. The first-order valence-electron chi connectivity index (χ1n) is 4.65. The summed E-state index contributed by atoms with van der Waals surface area (Å²) in [5, 5.41) is 23.7. The third kappa shape index (κ3) is 2.69. The lowest BCUT2D eigenvalue weighted by molar-refractivity contribution is 0.0696. The molecule has 0 aliphatic rings. The SMILES string of the molecule is O=C(O)c1cc(Br)cc(NC(=O)c2nn[nH]n2)c1. The van der Waals surface area contributed by atoms with Crippen molar-refractivity contribution in [3.05, 3.63) is 34.1 Å². The maximum atomic E-state index is 11.6. The van der Waals surface area contributed by atoms with Crippen molar-refractivity contribution in [1.29, 1.82) is 0 Å². The van der Waals surface area contributed by atoms with Crippen LogP contribution < -0.4 is 5.32 Å². The standard InChI is InChI=1S/C9H6BrN5O3/c10-5-1-4(9(17)18)2-6(3-5)11-8(16)7-12-14-15-13-7/h1-3H,(H,11,16)(H,17,18)(H,12,13,14,15). The Morgan fingerprint density at radius 1 is 1.33 bits per heavy atom. The molecule has 18 heavy (non-hydrogen) atoms. The van der Waals surface area contributed by atoms with E-state index in [0.717, 1.165) is 0 Å². The van der Waals surface area contributed by atoms with E-state index in [1.807, 2.05) is 0 Å². The Hall–Kier alpha value is -2.29. The van der Waals surface area contributed by atoms with Crippen LogP contribution in [-0.2, 0) is 0 Å². The van der Waals surface area contributed by atoms with E-state index in [2.05, 4.69) is 41.9 Å². The molecular formula is C9H6BrN5O3. The van der Waals surface area contributed by atoms with Gasteiger partial charge in [0.1, 0.15) is 0 Å². The monoisotopic (exact) mass is 311 g/mol. The first-order chi connectivity index (χ1) is 8.56. The van der Waals surface area contributed by atoms with Gasteiger partial charge in [0, 0.05) is 10.2 Å². The van der Waals surface area contributed by atoms with Crippen LogP contribution in [0.5, 0.6) is 0 Å². The summed E-state index contributed by atoms with van der Waals surface area (Å²) >= 11 is 3.16. The van der Waals surface area contributed by atoms with Gasteiger partial charge in [-0.3, -0.25) is 4.79 Å². The third-order valence-electron chi connectivity index (χ3n) is 1.95. The van der Waals surface area contributed by atoms with Crippen LogP contribution >= 0.6 is 15.9 Å². The molecule has 0 radical (unpaired) electrons. The predicted octanol–water partition coefficient (Wildman–Crippen LogP) is 0.913. The van der Waals surface area contributed by atoms with Gasteiger partial charge >= 0.3 is 5.97 Å². The number of halogens is 1. The van der Waals surface area contributed by atoms with Gasteiger partial charge in [0.2, 0.25) is 0 Å². The highest BCUT2D eigenvalue weighted by Gasteiger charge is 2.13. The van der Waals surface area contributed by atoms with Crippen molar-refractivity contribution in [2.24, 2.45) is 0 Å². The van der Waals surface area contributed by atoms with Crippen LogP contribution in [0.4, 0.5) is 5.69 Å². The number of aromatic nitrogens is 4. The number of tetrazole rings is 1. The molecule has 0 saturated heterocycles. The Labute approximate surface area is 109 Å². The van der Waals surface area contributed by atoms with Crippen molar-refractivity contribution in [2.45, 2.75) is 0 Å². The zero-order valence-electron chi connectivity index (χ0n) is 8.72. The van der Waals surface area contributed by atoms with Gasteiger partial charge in [-0.25, -0.2) is 4.79 Å². The minimum Gasteiger partial charge on any atom is -0.478 e. The van der Waals surface area contributed by atoms with E-state index in [1.165, 1.54) is 12.1 Å². The van der Waals surface area contributed by atoms with Crippen molar-refractivity contribution < 1.29 is 14.7 Å². The van der Waals surface area contributed by atoms with E-state index in [4.69, 9.17) is 5.11 Å². The zero-order chi connectivity index (χ0) is 13.1. The average molecular weight is 312 g/mol. The fraction of sp³-hybridized carbons (Fsp3) is 0. The first-order valence-corrected chi connectivity index (χ1v) is 5.44. The highest BCUT2D eigenvalue weighted by molar-refractivity contribution is 9.10. The van der Waals surface area contributed by atoms with E-state index in [0.29, 0.717) is 10.2 Å². The van der Waals surface area contributed by atoms with Crippen LogP contribution in [0.25, 0.3) is 0 Å². The van der Waals surface area contributed by atoms with Crippen molar-refractivity contribution in [3.8, 4) is 0 Å². The molecule has 1 aromatic carbocycles. The summed E-state index contributed by atoms with van der Waals surface area (Å²) < 4.78 is 0.533. The number of nitrogens with zero attached hydrogens (tertiary/aromatic N) is 3. The topological polar surface area (TPSA) is 121 Å². The van der Waals surface area contributed by atoms with E-state index < -0.39 is 11.9 Å². The van der Waals surface area contributed by atoms with Gasteiger partial charge in [-0.1, -0.05) is 15.9 Å². The number of hydrogen-bond donors (Lipinski definition) is 3. The van der Waals surface area contributed by atoms with Gasteiger partial charge in [-0.2, -0.15) is 5.21 Å². The Morgan fingerprint density at radius 3 is 2.72 bits per heavy atom. The third-order valence-corrected chi connectivity index (χ3v) is 2.41. The number of rotatable bonds is 3. The summed E-state index contributed by atoms with van der Waals surface area (Å²) in [6.07, 6.45) is 0. The molecule has 2 rings (SSSR count). The Morgan fingerprint density at radius 2 is 2.11 bits per heavy atom. The number of aromatic amines is 1. The molecule has 0 aliphatic heterocycles. The number of H-pyrrole nitrogens is 1. The molecule has 3 N–H and O–H groups in total. The minimum atomic E-state index is -1.09. The van der Waals surface area contributed by atoms with Gasteiger partial charge in [0.05, 0.1) is 5.56 Å². The number of carbonyl (C=O) groups excluding carboxylic acids is 1. The molecule has 0 spiro atoms. The fourth-order valence-electron chi connectivity index (χ4n) is 1.23. The summed E-state index contributed by atoms with van der Waals surface area (Å²) in [4.78, 5) is 22.5. The van der Waals surface area contributed by atoms with Crippen LogP contribution in [0.1, 0.15) is 21.0 Å². The largest absolute Gasteiger partial charge is 0.478 e. The minimum absolute atomic E-state index is 0.0489. The molecule has 1 heterocycles. The Bertz CT molecular complexity index is 598. The van der Waals surface area contributed by atoms with Gasteiger partial charge in [0.15, 0.2) is 0 Å². The molecule has 0 fully saturated rings. The molecule has 2 aromatic rings. The Balaban J connectivity index is 2.24. The molecule has 1 aromatic heterocycles. The van der Waals surface area contributed by atoms with Gasteiger partial charge < -0.3 is 10.4 Å². The molecule has 0 unspecified atom stereocenters. The number of carbonyl (C=O) groups is 2. The number of carboxylic acid groups (broad SMARTS) is 1. The van der Waals surface area contributed by atoms with Crippen LogP contribution in [0.3, 0.4) is 0 Å². The van der Waals surface area contributed by atoms with E-state index in [9.17, 15) is 9.59 Å². The molecule has 1 amide bonds. The number of carboxylic acids is 1. The second-order valence-corrected chi connectivity index (χ2v) is 4.14. The number of amides is 1. The maximum absolute atomic E-state index is 11.6. The lowest BCUT2D eigenvalue weighted by Gasteiger charge is -2.04. The van der Waals surface area contributed by atoms with E-state index >= 15 is 0 Å². The molecular weight excluding hydrogens is 306 g/mol. The van der Waals surface area contributed by atoms with E-state index in [-0.39, 0.29) is 11.4 Å². The van der Waals surface area contributed by atoms with Crippen LogP contribution in [0.2, 0.25) is 0 Å². The second kappa shape index (κ2) is 4.92. The predicted molar refractivity (Wildman–Crippen MR) is 63.2 cm³/mol. The first kappa shape index (κ1) is 12.2. The Kier molecular flexibility index (Phi) is 3.33. The highest BCUT2D eigenvalue weighted by atomic mass is 79.9. The summed E-state index contributed by atoms with van der Waals surface area (Å²) in [6.45, 7) is 0. The smallest absolute Gasteiger partial charge is 0.335 e. The molecule has 92 valence electrons. The van der Waals surface area contributed by atoms with Crippen molar-refractivity contribution in [1.82, 2.24) is 20.6 Å². The number of aromatic carboxylic acids is 1. The van der Waals surface area contributed by atoms with Crippen molar-refractivity contribution in [2.75, 3.05) is 5.32 Å². The van der Waals surface area contributed by atoms with Crippen molar-refractivity contribution >= 4 is 33.5 Å². The van der Waals surface area contributed by atoms with Crippen molar-refractivity contribution in [3.63, 3.8) is 0 Å². The molecule has 8 nitrogen and oxygen atoms in total. The van der Waals surface area contributed by atoms with Crippen LogP contribution in [-0.4, -0.2) is 37.6 Å². The molecule has 0 bridgehead atoms. The van der Waals surface area contributed by atoms with Crippen LogP contribution in [0, 0.1) is 0 Å². The molecule has 0 saturated carbocycles. The number of benzene rings is 1. The summed E-state index contributed by atoms with van der Waals surface area (Å²) in [5.41, 5.74) is 0.365. The lowest BCUT2D eigenvalue weighted by atomic mass is 10.2. The van der Waals surface area contributed by atoms with Gasteiger partial charge in [-0.15, -0.1) is 10.2 Å². The lowest BCUT2D eigenvalue weighted by Crippen LogP contribution is -2.14. The zero-order valence-corrected chi connectivity index (χ0v) is 10.3. The number of nitrogens with one attached hydrogen (secondary N) is 2. The fourth-order valence-corrected chi connectivity index (χ4v) is 1.72. The summed E-state index contributed by atoms with van der Waals surface area (Å²) in [6, 6.07) is 4.31. The van der Waals surface area contributed by atoms with Gasteiger partial charge in [0.25, 0.3) is 11.7 Å². The summed E-state index contributed by atoms with van der Waals surface area (Å²) in [5.74, 6) is -1.81. The number of anilines is 1. The van der Waals surface area contributed by atoms with Crippen LogP contribution in [0.15, 0.2) is 22.7 Å². The highest BCUT2D eigenvalue weighted by Crippen LogP contribution is 2.20.